The molecule has 1 N–H and O–H groups in total. The molecule has 15 heavy (non-hydrogen) atoms. The first kappa shape index (κ1) is 21.6. The number of hydrogen-bond acceptors (Lipinski definition) is 2. The molecule has 0 aromatic heterocycles. The van der Waals surface area contributed by atoms with Crippen molar-refractivity contribution in [3.63, 3.8) is 0 Å². The molecule has 0 aliphatic rings. The van der Waals surface area contributed by atoms with Crippen molar-refractivity contribution in [3.05, 3.63) is 6.92 Å². The van der Waals surface area contributed by atoms with Gasteiger partial charge in [0.05, 0.1) is 6.61 Å². The van der Waals surface area contributed by atoms with Crippen LogP contribution in [-0.2, 0) is 4.79 Å². The molecule has 0 rings (SSSR count). The Morgan fingerprint density at radius 3 is 2.07 bits per heavy atom. The van der Waals surface area contributed by atoms with Crippen LogP contribution in [0.5, 0.6) is 0 Å². The van der Waals surface area contributed by atoms with Gasteiger partial charge in [-0.25, -0.2) is 0 Å². The number of carbonyl (C=O) groups is 1. The summed E-state index contributed by atoms with van der Waals surface area (Å²) in [6.07, 6.45) is 8.13. The number of carbonyl (C=O) groups excluding carboxylic acids is 1. The fourth-order valence-electron chi connectivity index (χ4n) is 0.876. The summed E-state index contributed by atoms with van der Waals surface area (Å²) in [5, 5.41) is 7.70. The van der Waals surface area contributed by atoms with Gasteiger partial charge in [-0.3, -0.25) is 4.79 Å². The van der Waals surface area contributed by atoms with E-state index in [0.717, 1.165) is 6.42 Å². The van der Waals surface area contributed by atoms with Gasteiger partial charge in [-0.2, -0.15) is 6.42 Å². The Hall–Kier alpha value is 1.36. The van der Waals surface area contributed by atoms with Crippen molar-refractivity contribution in [2.75, 3.05) is 6.61 Å². The molecule has 0 aromatic carbocycles. The maximum atomic E-state index is 9.75. The van der Waals surface area contributed by atoms with E-state index in [9.17, 15) is 4.79 Å². The summed E-state index contributed by atoms with van der Waals surface area (Å²) in [6.45, 7) is 5.93. The molecule has 0 amide bonds. The predicted octanol–water partition coefficient (Wildman–Crippen LogP) is 3.01. The summed E-state index contributed by atoms with van der Waals surface area (Å²) in [6, 6.07) is 0. The molecule has 4 heteroatoms. The van der Waals surface area contributed by atoms with Gasteiger partial charge < -0.3 is 12.0 Å². The van der Waals surface area contributed by atoms with Crippen molar-refractivity contribution in [1.82, 2.24) is 0 Å². The SMILES string of the molecule is O=C(S)CCO.[CH2-]CCCCCCC.[Ce]. The van der Waals surface area contributed by atoms with Crippen LogP contribution in [0.2, 0.25) is 0 Å². The van der Waals surface area contributed by atoms with E-state index in [2.05, 4.69) is 26.5 Å². The first-order chi connectivity index (χ1) is 6.68. The second-order valence-corrected chi connectivity index (χ2v) is 3.63. The number of aliphatic hydroxyl groups excluding tert-OH is 1. The molecule has 0 atom stereocenters. The van der Waals surface area contributed by atoms with Gasteiger partial charge in [0, 0.05) is 48.2 Å². The van der Waals surface area contributed by atoms with E-state index in [-0.39, 0.29) is 59.9 Å². The molecule has 0 spiro atoms. The zero-order valence-corrected chi connectivity index (χ0v) is 13.7. The van der Waals surface area contributed by atoms with Crippen molar-refractivity contribution in [1.29, 1.82) is 0 Å². The molecule has 0 aromatic rings. The average molecular weight is 359 g/mol. The third-order valence-corrected chi connectivity index (χ3v) is 1.90. The Bertz CT molecular complexity index is 115. The zero-order chi connectivity index (χ0) is 11.2. The van der Waals surface area contributed by atoms with Crippen LogP contribution in [0.25, 0.3) is 0 Å². The van der Waals surface area contributed by atoms with Gasteiger partial charge in [0.25, 0.3) is 0 Å². The van der Waals surface area contributed by atoms with Gasteiger partial charge in [-0.1, -0.05) is 39.0 Å². The summed E-state index contributed by atoms with van der Waals surface area (Å²) in [5.74, 6) is 0. The molecular weight excluding hydrogens is 336 g/mol. The van der Waals surface area contributed by atoms with Gasteiger partial charge >= 0.3 is 0 Å². The molecule has 0 aliphatic carbocycles. The third kappa shape index (κ3) is 31.3. The van der Waals surface area contributed by atoms with Crippen molar-refractivity contribution in [3.8, 4) is 0 Å². The van der Waals surface area contributed by atoms with E-state index in [4.69, 9.17) is 5.11 Å². The molecule has 90 valence electrons. The smallest absolute Gasteiger partial charge is 0.188 e. The number of unbranched alkanes of at least 4 members (excludes halogenated alkanes) is 5. The number of aliphatic hydroxyl groups is 1. The molecule has 0 saturated carbocycles. The second kappa shape index (κ2) is 20.7. The minimum absolute atomic E-state index is 0. The number of thiol groups is 1. The van der Waals surface area contributed by atoms with Crippen LogP contribution < -0.4 is 0 Å². The average Bonchev–Trinajstić information content (AvgIpc) is 2.13. The van der Waals surface area contributed by atoms with E-state index in [1.807, 2.05) is 0 Å². The van der Waals surface area contributed by atoms with Crippen LogP contribution >= 0.6 is 12.6 Å². The number of rotatable bonds is 7. The van der Waals surface area contributed by atoms with Gasteiger partial charge in [0.2, 0.25) is 0 Å². The monoisotopic (exact) mass is 359 g/mol. The van der Waals surface area contributed by atoms with Crippen molar-refractivity contribution < 1.29 is 51.6 Å². The van der Waals surface area contributed by atoms with Crippen LogP contribution in [0.1, 0.15) is 51.9 Å². The standard InChI is InChI=1S/C8H17.C3H6O2S.Ce/c1-3-5-7-8-6-4-2;4-2-1-3(5)6;/h1,3-8H2,2H3;4H,1-2H2,(H,5,6);/q-1;;. The Morgan fingerprint density at radius 1 is 1.27 bits per heavy atom. The Morgan fingerprint density at radius 2 is 1.80 bits per heavy atom. The van der Waals surface area contributed by atoms with Crippen molar-refractivity contribution in [2.45, 2.75) is 51.9 Å². The topological polar surface area (TPSA) is 37.3 Å². The van der Waals surface area contributed by atoms with Crippen LogP contribution in [-0.4, -0.2) is 16.8 Å². The molecule has 0 unspecified atom stereocenters. The third-order valence-electron chi connectivity index (χ3n) is 1.68. The Balaban J connectivity index is -0.000000187. The van der Waals surface area contributed by atoms with Gasteiger partial charge in [0.1, 0.15) is 0 Å². The van der Waals surface area contributed by atoms with Crippen molar-refractivity contribution >= 4 is 17.7 Å². The van der Waals surface area contributed by atoms with Gasteiger partial charge in [-0.15, -0.1) is 12.6 Å². The summed E-state index contributed by atoms with van der Waals surface area (Å²) >= 11 is 3.38. The maximum Gasteiger partial charge on any atom is 0.188 e. The fourth-order valence-corrected chi connectivity index (χ4v) is 0.976. The first-order valence-corrected chi connectivity index (χ1v) is 5.75. The van der Waals surface area contributed by atoms with Crippen LogP contribution in [0.3, 0.4) is 0 Å². The van der Waals surface area contributed by atoms with Crippen LogP contribution in [0.15, 0.2) is 0 Å². The maximum absolute atomic E-state index is 9.75. The Kier molecular flexibility index (Phi) is 29.9. The van der Waals surface area contributed by atoms with E-state index in [1.165, 1.54) is 32.1 Å². The van der Waals surface area contributed by atoms with E-state index in [1.54, 1.807) is 0 Å². The molecule has 0 bridgehead atoms. The first-order valence-electron chi connectivity index (χ1n) is 5.30. The summed E-state index contributed by atoms with van der Waals surface area (Å²) in [7, 11) is 0. The molecule has 0 fully saturated rings. The van der Waals surface area contributed by atoms with E-state index in [0.29, 0.717) is 0 Å². The quantitative estimate of drug-likeness (QED) is 0.417. The summed E-state index contributed by atoms with van der Waals surface area (Å²) in [5.41, 5.74) is 0. The van der Waals surface area contributed by atoms with Crippen LogP contribution in [0, 0.1) is 48.7 Å². The molecule has 0 saturated heterocycles. The van der Waals surface area contributed by atoms with Crippen LogP contribution in [0.4, 0.5) is 0 Å². The van der Waals surface area contributed by atoms with Gasteiger partial charge in [0.15, 0.2) is 5.12 Å². The zero-order valence-electron chi connectivity index (χ0n) is 9.67. The Labute approximate surface area is 133 Å². The molecule has 0 radical (unpaired) electrons. The normalized spacial score (nSPS) is 8.53. The summed E-state index contributed by atoms with van der Waals surface area (Å²) in [4.78, 5) is 9.75. The largest absolute Gasteiger partial charge is 0.396 e. The molecular formula is C11H23CeO2S-. The predicted molar refractivity (Wildman–Crippen MR) is 64.4 cm³/mol. The van der Waals surface area contributed by atoms with E-state index >= 15 is 0 Å². The number of hydrogen-bond donors (Lipinski definition) is 2. The minimum Gasteiger partial charge on any atom is -0.396 e. The second-order valence-electron chi connectivity index (χ2n) is 3.14. The minimum atomic E-state index is -0.266. The van der Waals surface area contributed by atoms with Crippen molar-refractivity contribution in [2.24, 2.45) is 0 Å². The fraction of sp³-hybridized carbons (Fsp3) is 0.818. The molecule has 0 heterocycles. The van der Waals surface area contributed by atoms with Gasteiger partial charge in [-0.05, 0) is 0 Å². The molecule has 0 aliphatic heterocycles. The van der Waals surface area contributed by atoms with E-state index < -0.39 is 0 Å². The summed E-state index contributed by atoms with van der Waals surface area (Å²) < 4.78 is 0. The molecule has 2 nitrogen and oxygen atoms in total.